The molecule has 0 aliphatic heterocycles. The molecule has 0 saturated heterocycles. The maximum absolute atomic E-state index is 4.34. The highest BCUT2D eigenvalue weighted by atomic mass is 32.2. The van der Waals surface area contributed by atoms with Gasteiger partial charge in [-0.3, -0.25) is 0 Å². The van der Waals surface area contributed by atoms with E-state index >= 15 is 0 Å². The van der Waals surface area contributed by atoms with Gasteiger partial charge in [-0.2, -0.15) is 0 Å². The fourth-order valence-electron chi connectivity index (χ4n) is 3.04. The van der Waals surface area contributed by atoms with Crippen LogP contribution in [0.3, 0.4) is 0 Å². The third kappa shape index (κ3) is 4.36. The van der Waals surface area contributed by atoms with Crippen molar-refractivity contribution in [2.75, 3.05) is 13.3 Å². The molecule has 1 aromatic heterocycles. The highest BCUT2D eigenvalue weighted by molar-refractivity contribution is 8.03. The topological polar surface area (TPSA) is 37.8 Å². The Morgan fingerprint density at radius 3 is 2.57 bits per heavy atom. The van der Waals surface area contributed by atoms with Gasteiger partial charge in [0.2, 0.25) is 0 Å². The van der Waals surface area contributed by atoms with Crippen molar-refractivity contribution < 1.29 is 0 Å². The number of nitrogens with one attached hydrogen (secondary N) is 1. The quantitative estimate of drug-likeness (QED) is 0.766. The molecule has 1 heterocycles. The van der Waals surface area contributed by atoms with Gasteiger partial charge in [0.25, 0.3) is 0 Å². The van der Waals surface area contributed by atoms with Gasteiger partial charge < -0.3 is 5.32 Å². The van der Waals surface area contributed by atoms with Gasteiger partial charge in [-0.15, -0.1) is 10.2 Å². The predicted molar refractivity (Wildman–Crippen MR) is 95.6 cm³/mol. The van der Waals surface area contributed by atoms with E-state index in [-0.39, 0.29) is 0 Å². The van der Waals surface area contributed by atoms with Crippen LogP contribution in [0.1, 0.15) is 46.5 Å². The minimum Gasteiger partial charge on any atom is -0.316 e. The molecule has 0 spiro atoms. The summed E-state index contributed by atoms with van der Waals surface area (Å²) in [7, 11) is 2.09. The summed E-state index contributed by atoms with van der Waals surface area (Å²) in [6.45, 7) is 7.17. The van der Waals surface area contributed by atoms with E-state index in [9.17, 15) is 0 Å². The second-order valence-corrected chi connectivity index (χ2v) is 9.96. The summed E-state index contributed by atoms with van der Waals surface area (Å²) in [6.07, 6.45) is 7.22. The van der Waals surface area contributed by atoms with Crippen molar-refractivity contribution >= 4 is 34.9 Å². The van der Waals surface area contributed by atoms with E-state index in [2.05, 4.69) is 49.6 Å². The fourth-order valence-corrected chi connectivity index (χ4v) is 6.12. The Labute approximate surface area is 141 Å². The predicted octanol–water partition coefficient (Wildman–Crippen LogP) is 4.55. The average Bonchev–Trinajstić information content (AvgIpc) is 2.94. The van der Waals surface area contributed by atoms with Gasteiger partial charge in [-0.05, 0) is 43.9 Å². The summed E-state index contributed by atoms with van der Waals surface area (Å²) < 4.78 is 2.19. The van der Waals surface area contributed by atoms with Gasteiger partial charge in [-0.1, -0.05) is 62.1 Å². The number of aromatic nitrogens is 2. The van der Waals surface area contributed by atoms with Gasteiger partial charge in [0.15, 0.2) is 8.68 Å². The molecule has 1 aliphatic carbocycles. The van der Waals surface area contributed by atoms with Crippen LogP contribution >= 0.6 is 34.9 Å². The lowest BCUT2D eigenvalue weighted by molar-refractivity contribution is 0.142. The zero-order chi connectivity index (χ0) is 15.5. The first-order valence-corrected chi connectivity index (χ1v) is 10.6. The molecule has 0 bridgehead atoms. The van der Waals surface area contributed by atoms with Crippen LogP contribution in [0, 0.1) is 11.3 Å². The zero-order valence-electron chi connectivity index (χ0n) is 13.7. The highest BCUT2D eigenvalue weighted by Crippen LogP contribution is 2.45. The Balaban J connectivity index is 2.06. The largest absolute Gasteiger partial charge is 0.316 e. The normalized spacial score (nSPS) is 27.0. The van der Waals surface area contributed by atoms with E-state index in [1.54, 1.807) is 23.1 Å². The van der Waals surface area contributed by atoms with Crippen molar-refractivity contribution in [1.29, 1.82) is 0 Å². The van der Waals surface area contributed by atoms with Crippen molar-refractivity contribution in [3.63, 3.8) is 0 Å². The number of rotatable bonds is 6. The third-order valence-electron chi connectivity index (χ3n) is 4.99. The summed E-state index contributed by atoms with van der Waals surface area (Å²) in [5.74, 6) is 0.817. The van der Waals surface area contributed by atoms with Crippen LogP contribution in [-0.4, -0.2) is 34.8 Å². The number of hydrogen-bond acceptors (Lipinski definition) is 6. The molecule has 21 heavy (non-hydrogen) atoms. The average molecular weight is 346 g/mol. The Bertz CT molecular complexity index is 447. The minimum absolute atomic E-state index is 0.448. The molecule has 1 N–H and O–H groups in total. The molecule has 3 nitrogen and oxygen atoms in total. The third-order valence-corrected chi connectivity index (χ3v) is 8.33. The van der Waals surface area contributed by atoms with Gasteiger partial charge in [-0.25, -0.2) is 0 Å². The van der Waals surface area contributed by atoms with E-state index in [1.807, 2.05) is 11.8 Å². The Kier molecular flexibility index (Phi) is 6.41. The lowest BCUT2D eigenvalue weighted by Gasteiger charge is -2.42. The molecule has 1 aromatic rings. The Morgan fingerprint density at radius 2 is 2.00 bits per heavy atom. The van der Waals surface area contributed by atoms with Crippen LogP contribution in [0.2, 0.25) is 0 Å². The van der Waals surface area contributed by atoms with Crippen LogP contribution in [0.5, 0.6) is 0 Å². The van der Waals surface area contributed by atoms with Crippen molar-refractivity contribution in [3.05, 3.63) is 0 Å². The second kappa shape index (κ2) is 7.66. The molecular formula is C15H27N3S3. The Hall–Kier alpha value is 0.220. The molecule has 1 aliphatic rings. The number of thioether (sulfide) groups is 2. The number of hydrogen-bond donors (Lipinski definition) is 1. The van der Waals surface area contributed by atoms with Crippen molar-refractivity contribution in [3.8, 4) is 0 Å². The summed E-state index contributed by atoms with van der Waals surface area (Å²) in [6, 6.07) is 0.598. The zero-order valence-corrected chi connectivity index (χ0v) is 16.1. The summed E-state index contributed by atoms with van der Waals surface area (Å²) in [5, 5.41) is 12.7. The molecule has 1 fully saturated rings. The molecule has 0 aromatic carbocycles. The van der Waals surface area contributed by atoms with E-state index in [1.165, 1.54) is 25.7 Å². The minimum atomic E-state index is 0.448. The fraction of sp³-hybridized carbons (Fsp3) is 0.867. The summed E-state index contributed by atoms with van der Waals surface area (Å²) in [4.78, 5) is 0. The van der Waals surface area contributed by atoms with Crippen molar-refractivity contribution in [2.45, 2.75) is 66.4 Å². The molecule has 0 radical (unpaired) electrons. The van der Waals surface area contributed by atoms with Crippen LogP contribution in [0.25, 0.3) is 0 Å². The SMILES string of the molecule is CCC(C)(C)C1CCC(NC)C(Sc2nnc(SC)s2)C1. The molecule has 3 unspecified atom stereocenters. The smallest absolute Gasteiger partial charge is 0.175 e. The van der Waals surface area contributed by atoms with Gasteiger partial charge in [0.05, 0.1) is 0 Å². The van der Waals surface area contributed by atoms with Crippen LogP contribution in [0.4, 0.5) is 0 Å². The molecular weight excluding hydrogens is 318 g/mol. The molecule has 3 atom stereocenters. The number of nitrogens with zero attached hydrogens (tertiary/aromatic N) is 2. The maximum atomic E-state index is 4.34. The van der Waals surface area contributed by atoms with Crippen LogP contribution < -0.4 is 5.32 Å². The summed E-state index contributed by atoms with van der Waals surface area (Å²) >= 11 is 5.34. The first-order valence-electron chi connectivity index (χ1n) is 7.71. The molecule has 120 valence electrons. The van der Waals surface area contributed by atoms with E-state index in [0.29, 0.717) is 16.7 Å². The highest BCUT2D eigenvalue weighted by Gasteiger charge is 2.37. The van der Waals surface area contributed by atoms with Crippen LogP contribution in [0.15, 0.2) is 8.68 Å². The van der Waals surface area contributed by atoms with Gasteiger partial charge in [0, 0.05) is 11.3 Å². The van der Waals surface area contributed by atoms with Gasteiger partial charge in [0.1, 0.15) is 0 Å². The van der Waals surface area contributed by atoms with E-state index in [4.69, 9.17) is 0 Å². The first-order chi connectivity index (χ1) is 10.00. The van der Waals surface area contributed by atoms with Gasteiger partial charge >= 0.3 is 0 Å². The molecule has 6 heteroatoms. The monoisotopic (exact) mass is 345 g/mol. The lowest BCUT2D eigenvalue weighted by Crippen LogP contribution is -2.43. The molecule has 1 saturated carbocycles. The maximum Gasteiger partial charge on any atom is 0.175 e. The second-order valence-electron chi connectivity index (χ2n) is 6.44. The molecule has 2 rings (SSSR count). The Morgan fingerprint density at radius 1 is 1.29 bits per heavy atom. The van der Waals surface area contributed by atoms with Crippen molar-refractivity contribution in [2.24, 2.45) is 11.3 Å². The summed E-state index contributed by atoms with van der Waals surface area (Å²) in [5.41, 5.74) is 0.448. The first kappa shape index (κ1) is 17.6. The van der Waals surface area contributed by atoms with Crippen molar-refractivity contribution in [1.82, 2.24) is 15.5 Å². The lowest BCUT2D eigenvalue weighted by atomic mass is 9.68. The standard InChI is InChI=1S/C15H27N3S3/c1-6-15(2,3)10-7-8-11(16-4)12(9-10)20-14-18-17-13(19-5)21-14/h10-12,16H,6-9H2,1-5H3. The van der Waals surface area contributed by atoms with E-state index in [0.717, 1.165) is 14.6 Å². The van der Waals surface area contributed by atoms with E-state index < -0.39 is 0 Å². The van der Waals surface area contributed by atoms with Crippen LogP contribution in [-0.2, 0) is 0 Å². The molecule has 0 amide bonds.